The Morgan fingerprint density at radius 2 is 0.984 bits per heavy atom. The van der Waals surface area contributed by atoms with Gasteiger partial charge in [-0.2, -0.15) is 8.78 Å². The summed E-state index contributed by atoms with van der Waals surface area (Å²) in [5.74, 6) is 3.47. The second-order valence-electron chi connectivity index (χ2n) is 35.4. The molecule has 7 unspecified atom stereocenters. The number of alkyl halides is 2. The summed E-state index contributed by atoms with van der Waals surface area (Å²) in [5, 5.41) is 7.31. The molecule has 5 aliphatic carbocycles. The summed E-state index contributed by atoms with van der Waals surface area (Å²) in [7, 11) is -2.97. The predicted molar refractivity (Wildman–Crippen MR) is 491 cm³/mol. The summed E-state index contributed by atoms with van der Waals surface area (Å²) in [5.41, 5.74) is 5.81. The Bertz CT molecular complexity index is 4580. The minimum Gasteiger partial charge on any atom is -0.743 e. The van der Waals surface area contributed by atoms with Crippen molar-refractivity contribution in [3.05, 3.63) is 210 Å². The Morgan fingerprint density at radius 3 is 1.39 bits per heavy atom. The van der Waals surface area contributed by atoms with Crippen LogP contribution in [0.25, 0.3) is 10.8 Å². The van der Waals surface area contributed by atoms with Crippen molar-refractivity contribution >= 4 is 67.7 Å². The number of hydrogen-bond acceptors (Lipinski definition) is 17. The van der Waals surface area contributed by atoms with Crippen LogP contribution in [0.2, 0.25) is 0 Å². The van der Waals surface area contributed by atoms with Gasteiger partial charge in [0.15, 0.2) is 30.9 Å². The van der Waals surface area contributed by atoms with Crippen molar-refractivity contribution in [2.75, 3.05) is 80.2 Å². The second kappa shape index (κ2) is 48.1. The molecule has 0 aromatic heterocycles. The average molecular weight is 1780 g/mol. The SMILES string of the molecule is C=C(C)C(=O)OC1CN(CC)C(=O)N(COC)C1.CC(OC(=O)C12CC3CC(CC(C3)C1)C2)C(F)(F)S(=O)(=O)[O-].CC1c2cccc3cccc(c23)C1C.CCC(C)(C)C(=O)OCCOc1ccc([S+](c2ccccc2)c2ccccc2)cc1.CCC(C)c1ccc(C)cc1.CCC(C)c1ccc(O)cc1.CCN1CC(OC(=O)C(C)(C)CC)CN(COC)C1=O. The van der Waals surface area contributed by atoms with Crippen molar-refractivity contribution < 1.29 is 88.8 Å². The first-order chi connectivity index (χ1) is 59.6. The number of esters is 4. The number of hydrogen-bond donors (Lipinski definition) is 1. The summed E-state index contributed by atoms with van der Waals surface area (Å²) in [6.45, 7) is 40.5. The van der Waals surface area contributed by atoms with Crippen molar-refractivity contribution in [2.24, 2.45) is 34.0 Å². The van der Waals surface area contributed by atoms with E-state index in [1.54, 1.807) is 40.9 Å². The first-order valence-corrected chi connectivity index (χ1v) is 47.1. The van der Waals surface area contributed by atoms with Crippen LogP contribution in [0.3, 0.4) is 0 Å². The third-order valence-electron chi connectivity index (χ3n) is 25.1. The van der Waals surface area contributed by atoms with Gasteiger partial charge in [-0.15, -0.1) is 0 Å². The van der Waals surface area contributed by atoms with Gasteiger partial charge in [0.05, 0.1) is 53.3 Å². The Hall–Kier alpha value is -9.40. The van der Waals surface area contributed by atoms with E-state index in [2.05, 4.69) is 176 Å². The van der Waals surface area contributed by atoms with Gasteiger partial charge >= 0.3 is 41.2 Å². The molecule has 7 aromatic rings. The number of carbonyl (C=O) groups excluding carboxylic acids is 6. The van der Waals surface area contributed by atoms with Gasteiger partial charge in [0.2, 0.25) is 0 Å². The monoisotopic (exact) mass is 1780 g/mol. The smallest absolute Gasteiger partial charge is 0.369 e. The highest BCUT2D eigenvalue weighted by Gasteiger charge is 2.57. The molecule has 1 N–H and O–H groups in total. The molecule has 14 rings (SSSR count). The number of urea groups is 2. The van der Waals surface area contributed by atoms with E-state index in [0.717, 1.165) is 51.2 Å². The van der Waals surface area contributed by atoms with E-state index in [4.69, 9.17) is 38.3 Å². The summed E-state index contributed by atoms with van der Waals surface area (Å²) >= 11 is 0. The molecule has 690 valence electrons. The fourth-order valence-electron chi connectivity index (χ4n) is 16.3. The van der Waals surface area contributed by atoms with Crippen molar-refractivity contribution in [3.63, 3.8) is 0 Å². The molecule has 0 spiro atoms. The number of rotatable bonds is 28. The number of halogens is 2. The number of benzene rings is 7. The van der Waals surface area contributed by atoms with Gasteiger partial charge < -0.3 is 52.6 Å². The molecule has 4 saturated carbocycles. The minimum atomic E-state index is -5.86. The summed E-state index contributed by atoms with van der Waals surface area (Å²) in [6.07, 6.45) is 6.02. The van der Waals surface area contributed by atoms with Crippen molar-refractivity contribution in [1.29, 1.82) is 0 Å². The number of likely N-dealkylation sites (N-methyl/N-ethyl adjacent to an activating group) is 2. The summed E-state index contributed by atoms with van der Waals surface area (Å²) in [6, 6.07) is 58.7. The third-order valence-corrected chi connectivity index (χ3v) is 28.3. The number of phenolic OH excluding ortho intramolecular Hbond substituents is 1. The molecular formula is C101H138F2N4O17S2. The maximum Gasteiger partial charge on any atom is 0.369 e. The quantitative estimate of drug-likeness (QED) is 0.0119. The van der Waals surface area contributed by atoms with Crippen LogP contribution in [0.15, 0.2) is 197 Å². The predicted octanol–water partition coefficient (Wildman–Crippen LogP) is 21.4. The molecule has 2 saturated heterocycles. The van der Waals surface area contributed by atoms with Crippen molar-refractivity contribution in [2.45, 2.75) is 244 Å². The highest BCUT2D eigenvalue weighted by Crippen LogP contribution is 2.61. The first-order valence-electron chi connectivity index (χ1n) is 44.4. The van der Waals surface area contributed by atoms with Gasteiger partial charge in [-0.05, 0) is 262 Å². The highest BCUT2D eigenvalue weighted by atomic mass is 32.2. The van der Waals surface area contributed by atoms with E-state index in [0.29, 0.717) is 118 Å². The lowest BCUT2D eigenvalue weighted by Crippen LogP contribution is -2.57. The molecule has 7 aromatic carbocycles. The van der Waals surface area contributed by atoms with Gasteiger partial charge in [0, 0.05) is 32.9 Å². The molecule has 0 radical (unpaired) electrons. The van der Waals surface area contributed by atoms with E-state index in [1.807, 2.05) is 91.8 Å². The number of carbonyl (C=O) groups is 6. The largest absolute Gasteiger partial charge is 0.743 e. The molecule has 2 aliphatic heterocycles. The Morgan fingerprint density at radius 1 is 0.571 bits per heavy atom. The lowest BCUT2D eigenvalue weighted by Gasteiger charge is -2.55. The number of nitrogens with zero attached hydrogens (tertiary/aromatic N) is 4. The van der Waals surface area contributed by atoms with Crippen LogP contribution in [0.4, 0.5) is 18.4 Å². The average Bonchev–Trinajstić information content (AvgIpc) is 0.845. The van der Waals surface area contributed by atoms with Gasteiger partial charge in [-0.3, -0.25) is 24.2 Å². The van der Waals surface area contributed by atoms with Crippen LogP contribution >= 0.6 is 0 Å². The van der Waals surface area contributed by atoms with E-state index >= 15 is 0 Å². The molecule has 4 amide bonds. The number of methoxy groups -OCH3 is 2. The Labute approximate surface area is 751 Å². The van der Waals surface area contributed by atoms with Crippen molar-refractivity contribution in [1.82, 2.24) is 19.6 Å². The minimum absolute atomic E-state index is 0.0728. The van der Waals surface area contributed by atoms with E-state index in [1.165, 1.54) is 71.7 Å². The number of aryl methyl sites for hydroxylation is 1. The molecule has 6 fully saturated rings. The van der Waals surface area contributed by atoms with Gasteiger partial charge in [0.25, 0.3) is 0 Å². The number of phenols is 1. The topological polar surface area (TPSA) is 257 Å². The molecule has 7 atom stereocenters. The van der Waals surface area contributed by atoms with E-state index < -0.39 is 49.7 Å². The summed E-state index contributed by atoms with van der Waals surface area (Å²) in [4.78, 5) is 82.2. The van der Waals surface area contributed by atoms with Crippen LogP contribution in [0.5, 0.6) is 11.5 Å². The molecule has 126 heavy (non-hydrogen) atoms. The fourth-order valence-corrected chi connectivity index (χ4v) is 18.9. The number of amides is 4. The highest BCUT2D eigenvalue weighted by molar-refractivity contribution is 7.97. The molecule has 7 aliphatic rings. The molecule has 2 heterocycles. The van der Waals surface area contributed by atoms with Gasteiger partial charge in [-0.25, -0.2) is 22.8 Å². The van der Waals surface area contributed by atoms with Crippen LogP contribution in [0.1, 0.15) is 226 Å². The van der Waals surface area contributed by atoms with E-state index in [9.17, 15) is 50.5 Å². The number of ether oxygens (including phenoxy) is 7. The van der Waals surface area contributed by atoms with Gasteiger partial charge in [-0.1, -0.05) is 177 Å². The Balaban J connectivity index is 0.000000207. The third kappa shape index (κ3) is 28.5. The fraction of sp³-hybridized carbons (Fsp3) is 0.525. The van der Waals surface area contributed by atoms with Crippen LogP contribution in [0, 0.1) is 40.9 Å². The molecular weight excluding hydrogens is 1640 g/mol. The molecule has 25 heteroatoms. The van der Waals surface area contributed by atoms with Crippen LogP contribution in [-0.2, 0) is 68.6 Å². The lowest BCUT2D eigenvalue weighted by atomic mass is 9.49. The summed E-state index contributed by atoms with van der Waals surface area (Å²) < 4.78 is 95.6. The standard InChI is InChI=1S/C26H29O3S.C14H20F2O5S.C14H26N2O4.C14H14.C12H20N2O4.C11H16.C10H14O/c1-4-26(2,3)25(27)29-20-19-28-21-15-17-24(18-16-21)30(22-11-7-5-8-12-22)23-13-9-6-10-14-23;1-8(14(15,16)22(18,19)20)21-12(17)13-5-9-2-10(6-13)4-11(3-9)7-13;1-6-14(3,4)12(17)20-11-8-15(7-2)13(18)16(9-11)10-19-5;1-9-10(2)13-8-4-6-11-5-3-7-12(9)14(11)13;1-5-13-6-10(18-11(15)9(2)3)7-14(8-17-4)12(13)16;1-4-10(3)11-7-5-9(2)6-8-11;1-3-8(2)9-4-6-10(11)7-5-9/h5-18H,4,19-20H2,1-3H3;8-11H,2-7H2,1H3,(H,18,19,20);11H,6-10H2,1-5H3;3-10H,1-2H3;10H,2,5-8H2,1,3-4H3;5-8,10H,4H2,1-3H3;4-8,11H,3H2,1-2H3/q+1;;;;;;/p-1. The first kappa shape index (κ1) is 104. The van der Waals surface area contributed by atoms with Crippen LogP contribution in [-0.4, -0.2) is 177 Å². The number of aromatic hydroxyl groups is 1. The van der Waals surface area contributed by atoms with Crippen molar-refractivity contribution in [3.8, 4) is 11.5 Å². The zero-order valence-electron chi connectivity index (χ0n) is 77.6. The van der Waals surface area contributed by atoms with Crippen LogP contribution < -0.4 is 4.74 Å². The van der Waals surface area contributed by atoms with Gasteiger partial charge in [0.1, 0.15) is 50.4 Å². The Kier molecular flexibility index (Phi) is 39.6. The molecule has 21 nitrogen and oxygen atoms in total. The normalized spacial score (nSPS) is 20.5. The second-order valence-corrected chi connectivity index (χ2v) is 38.9. The maximum atomic E-state index is 13.5. The zero-order valence-corrected chi connectivity index (χ0v) is 79.3. The zero-order chi connectivity index (χ0) is 93.0. The lowest BCUT2D eigenvalue weighted by molar-refractivity contribution is -0.186. The van der Waals surface area contributed by atoms with E-state index in [-0.39, 0.29) is 67.2 Å². The molecule has 4 bridgehead atoms. The maximum absolute atomic E-state index is 13.5.